The molecule has 2 rings (SSSR count). The highest BCUT2D eigenvalue weighted by Gasteiger charge is 2.26. The van der Waals surface area contributed by atoms with Gasteiger partial charge in [-0.2, -0.15) is 0 Å². The molecular formula is C22H30N2O3. The van der Waals surface area contributed by atoms with Crippen molar-refractivity contribution in [3.8, 4) is 5.75 Å². The summed E-state index contributed by atoms with van der Waals surface area (Å²) < 4.78 is 5.43. The molecule has 1 aromatic carbocycles. The van der Waals surface area contributed by atoms with Crippen molar-refractivity contribution >= 4 is 11.6 Å². The van der Waals surface area contributed by atoms with Crippen LogP contribution in [0.2, 0.25) is 0 Å². The molecule has 0 aliphatic rings. The maximum absolute atomic E-state index is 13.0. The molecule has 0 fully saturated rings. The van der Waals surface area contributed by atoms with Crippen LogP contribution in [-0.2, 0) is 6.54 Å². The summed E-state index contributed by atoms with van der Waals surface area (Å²) in [4.78, 5) is 30.0. The Morgan fingerprint density at radius 2 is 1.70 bits per heavy atom. The van der Waals surface area contributed by atoms with Gasteiger partial charge in [0.25, 0.3) is 0 Å². The summed E-state index contributed by atoms with van der Waals surface area (Å²) >= 11 is 0. The van der Waals surface area contributed by atoms with Gasteiger partial charge in [0.05, 0.1) is 18.8 Å². The number of methoxy groups -OCH3 is 1. The minimum Gasteiger partial charge on any atom is -0.496 e. The molecule has 1 unspecified atom stereocenters. The maximum atomic E-state index is 13.0. The van der Waals surface area contributed by atoms with Gasteiger partial charge in [-0.05, 0) is 70.8 Å². The normalized spacial score (nSPS) is 12.3. The van der Waals surface area contributed by atoms with Gasteiger partial charge >= 0.3 is 0 Å². The predicted octanol–water partition coefficient (Wildman–Crippen LogP) is 4.16. The quantitative estimate of drug-likeness (QED) is 0.743. The van der Waals surface area contributed by atoms with Crippen LogP contribution in [0.4, 0.5) is 0 Å². The van der Waals surface area contributed by atoms with Crippen molar-refractivity contribution in [1.29, 1.82) is 0 Å². The first-order valence-electron chi connectivity index (χ1n) is 9.17. The molecular weight excluding hydrogens is 340 g/mol. The molecule has 0 saturated heterocycles. The van der Waals surface area contributed by atoms with Crippen LogP contribution < -0.4 is 4.74 Å². The molecule has 27 heavy (non-hydrogen) atoms. The molecule has 0 bridgehead atoms. The van der Waals surface area contributed by atoms with Gasteiger partial charge in [-0.1, -0.05) is 12.1 Å². The number of likely N-dealkylation sites (N-methyl/N-ethyl adjacent to an activating group) is 1. The van der Waals surface area contributed by atoms with Gasteiger partial charge < -0.3 is 9.72 Å². The molecule has 5 nitrogen and oxygen atoms in total. The second-order valence-electron chi connectivity index (χ2n) is 7.40. The number of ketones is 2. The fourth-order valence-electron chi connectivity index (χ4n) is 3.81. The molecule has 5 heteroatoms. The van der Waals surface area contributed by atoms with Crippen LogP contribution in [0.5, 0.6) is 5.75 Å². The first-order valence-corrected chi connectivity index (χ1v) is 9.17. The Kier molecular flexibility index (Phi) is 6.26. The van der Waals surface area contributed by atoms with E-state index < -0.39 is 0 Å². The number of benzene rings is 1. The molecule has 0 aliphatic heterocycles. The number of Topliss-reactive ketones (excluding diaryl/α,β-unsaturated/α-hetero) is 2. The summed E-state index contributed by atoms with van der Waals surface area (Å²) in [5.74, 6) is 0.873. The van der Waals surface area contributed by atoms with Crippen molar-refractivity contribution in [3.63, 3.8) is 0 Å². The van der Waals surface area contributed by atoms with E-state index >= 15 is 0 Å². The monoisotopic (exact) mass is 370 g/mol. The number of aryl methyl sites for hydroxylation is 3. The lowest BCUT2D eigenvalue weighted by Crippen LogP contribution is -2.36. The van der Waals surface area contributed by atoms with Crippen LogP contribution in [-0.4, -0.2) is 41.6 Å². The highest BCUT2D eigenvalue weighted by Crippen LogP contribution is 2.26. The Morgan fingerprint density at radius 3 is 2.15 bits per heavy atom. The van der Waals surface area contributed by atoms with Crippen LogP contribution >= 0.6 is 0 Å². The molecule has 146 valence electrons. The van der Waals surface area contributed by atoms with Crippen LogP contribution in [0.25, 0.3) is 0 Å². The summed E-state index contributed by atoms with van der Waals surface area (Å²) in [6.07, 6.45) is 0. The average molecular weight is 370 g/mol. The molecule has 1 heterocycles. The standard InChI is InChI=1S/C22H30N2O3/c1-12-9-18(10-13(2)22(12)27-8)11-24(7)16(5)21(26)20-14(3)19(17(6)25)15(4)23-20/h9-10,16,23H,11H2,1-8H3. The number of nitrogens with one attached hydrogen (secondary N) is 1. The Bertz CT molecular complexity index is 857. The molecule has 0 saturated carbocycles. The van der Waals surface area contributed by atoms with Crippen molar-refractivity contribution in [3.05, 3.63) is 51.3 Å². The van der Waals surface area contributed by atoms with Gasteiger partial charge in [0.15, 0.2) is 11.6 Å². The third kappa shape index (κ3) is 4.14. The van der Waals surface area contributed by atoms with E-state index in [2.05, 4.69) is 17.1 Å². The zero-order valence-corrected chi connectivity index (χ0v) is 17.6. The smallest absolute Gasteiger partial charge is 0.196 e. The van der Waals surface area contributed by atoms with E-state index in [4.69, 9.17) is 4.74 Å². The van der Waals surface area contributed by atoms with E-state index in [0.29, 0.717) is 17.8 Å². The molecule has 0 amide bonds. The number of carbonyl (C=O) groups is 2. The Hall–Kier alpha value is -2.40. The molecule has 0 aliphatic carbocycles. The minimum absolute atomic E-state index is 0.00689. The number of rotatable bonds is 7. The summed E-state index contributed by atoms with van der Waals surface area (Å²) in [6, 6.07) is 3.87. The number of hydrogen-bond donors (Lipinski definition) is 1. The summed E-state index contributed by atoms with van der Waals surface area (Å²) in [5, 5.41) is 0. The molecule has 0 radical (unpaired) electrons. The second-order valence-corrected chi connectivity index (χ2v) is 7.40. The van der Waals surface area contributed by atoms with Gasteiger partial charge in [0.1, 0.15) is 5.75 Å². The van der Waals surface area contributed by atoms with Crippen LogP contribution in [0.15, 0.2) is 12.1 Å². The molecule has 0 spiro atoms. The van der Waals surface area contributed by atoms with E-state index in [0.717, 1.165) is 33.7 Å². The number of aromatic nitrogens is 1. The van der Waals surface area contributed by atoms with Crippen molar-refractivity contribution < 1.29 is 14.3 Å². The topological polar surface area (TPSA) is 62.4 Å². The highest BCUT2D eigenvalue weighted by molar-refractivity contribution is 6.05. The average Bonchev–Trinajstić information content (AvgIpc) is 2.87. The van der Waals surface area contributed by atoms with Gasteiger partial charge in [-0.15, -0.1) is 0 Å². The number of H-pyrrole nitrogens is 1. The lowest BCUT2D eigenvalue weighted by Gasteiger charge is -2.24. The fourth-order valence-corrected chi connectivity index (χ4v) is 3.81. The van der Waals surface area contributed by atoms with Gasteiger partial charge in [-0.25, -0.2) is 0 Å². The third-order valence-corrected chi connectivity index (χ3v) is 5.23. The lowest BCUT2D eigenvalue weighted by atomic mass is 10.0. The van der Waals surface area contributed by atoms with Gasteiger partial charge in [0, 0.05) is 17.8 Å². The largest absolute Gasteiger partial charge is 0.496 e. The van der Waals surface area contributed by atoms with Crippen molar-refractivity contribution in [1.82, 2.24) is 9.88 Å². The third-order valence-electron chi connectivity index (χ3n) is 5.23. The minimum atomic E-state index is -0.315. The number of nitrogens with zero attached hydrogens (tertiary/aromatic N) is 1. The second kappa shape index (κ2) is 8.09. The van der Waals surface area contributed by atoms with E-state index in [1.807, 2.05) is 46.6 Å². The zero-order valence-electron chi connectivity index (χ0n) is 17.6. The maximum Gasteiger partial charge on any atom is 0.196 e. The molecule has 1 aromatic heterocycles. The number of hydrogen-bond acceptors (Lipinski definition) is 4. The van der Waals surface area contributed by atoms with Crippen molar-refractivity contribution in [2.24, 2.45) is 0 Å². The van der Waals surface area contributed by atoms with E-state index in [9.17, 15) is 9.59 Å². The summed E-state index contributed by atoms with van der Waals surface area (Å²) in [6.45, 7) is 11.8. The van der Waals surface area contributed by atoms with Crippen LogP contribution in [0.1, 0.15) is 62.6 Å². The van der Waals surface area contributed by atoms with Gasteiger partial charge in [0.2, 0.25) is 0 Å². The van der Waals surface area contributed by atoms with Crippen molar-refractivity contribution in [2.75, 3.05) is 14.2 Å². The zero-order chi connectivity index (χ0) is 20.5. The SMILES string of the molecule is COc1c(C)cc(CN(C)C(C)C(=O)c2[nH]c(C)c(C(C)=O)c2C)cc1C. The first-order chi connectivity index (χ1) is 12.6. The van der Waals surface area contributed by atoms with Crippen LogP contribution in [0, 0.1) is 27.7 Å². The number of aromatic amines is 1. The Labute approximate surface area is 161 Å². The Balaban J connectivity index is 2.23. The number of ether oxygens (including phenoxy) is 1. The first kappa shape index (κ1) is 20.9. The van der Waals surface area contributed by atoms with Crippen LogP contribution in [0.3, 0.4) is 0 Å². The highest BCUT2D eigenvalue weighted by atomic mass is 16.5. The number of carbonyl (C=O) groups excluding carboxylic acids is 2. The summed E-state index contributed by atoms with van der Waals surface area (Å²) in [5.41, 5.74) is 5.94. The van der Waals surface area contributed by atoms with E-state index in [1.165, 1.54) is 6.92 Å². The molecule has 1 atom stereocenters. The lowest BCUT2D eigenvalue weighted by molar-refractivity contribution is 0.0856. The van der Waals surface area contributed by atoms with Gasteiger partial charge in [-0.3, -0.25) is 14.5 Å². The summed E-state index contributed by atoms with van der Waals surface area (Å²) in [7, 11) is 3.62. The predicted molar refractivity (Wildman–Crippen MR) is 108 cm³/mol. The fraction of sp³-hybridized carbons (Fsp3) is 0.455. The van der Waals surface area contributed by atoms with E-state index in [-0.39, 0.29) is 17.6 Å². The Morgan fingerprint density at radius 1 is 1.15 bits per heavy atom. The molecule has 1 N–H and O–H groups in total. The van der Waals surface area contributed by atoms with E-state index in [1.54, 1.807) is 7.11 Å². The van der Waals surface area contributed by atoms with Crippen molar-refractivity contribution in [2.45, 2.75) is 54.1 Å². The molecule has 2 aromatic rings.